The van der Waals surface area contributed by atoms with E-state index in [2.05, 4.69) is 0 Å². The largest absolute Gasteiger partial charge is 0.508 e. The Hall–Kier alpha value is -2.43. The van der Waals surface area contributed by atoms with Gasteiger partial charge in [0.2, 0.25) is 0 Å². The predicted octanol–water partition coefficient (Wildman–Crippen LogP) is 3.82. The van der Waals surface area contributed by atoms with E-state index in [-0.39, 0.29) is 22.3 Å². The van der Waals surface area contributed by atoms with Crippen LogP contribution in [0.25, 0.3) is 21.7 Å². The maximum absolute atomic E-state index is 13.9. The van der Waals surface area contributed by atoms with Gasteiger partial charge >= 0.3 is 5.63 Å². The van der Waals surface area contributed by atoms with Gasteiger partial charge in [0.05, 0.1) is 5.39 Å². The van der Waals surface area contributed by atoms with Crippen LogP contribution in [-0.2, 0) is 0 Å². The standard InChI is InChI=1S/C15H10F2O3/c1-7(16)10-5-12-11(6-13(10)17)9-3-2-8(18)4-14(9)20-15(12)19/h2-7,18H,1H3. The molecule has 0 saturated heterocycles. The lowest BCUT2D eigenvalue weighted by Gasteiger charge is -2.08. The van der Waals surface area contributed by atoms with E-state index in [1.165, 1.54) is 31.2 Å². The van der Waals surface area contributed by atoms with E-state index in [1.807, 2.05) is 0 Å². The molecule has 0 amide bonds. The number of fused-ring (bicyclic) bond motifs is 3. The van der Waals surface area contributed by atoms with Crippen molar-refractivity contribution in [2.24, 2.45) is 0 Å². The van der Waals surface area contributed by atoms with Crippen LogP contribution in [0.15, 0.2) is 39.5 Å². The zero-order valence-electron chi connectivity index (χ0n) is 10.5. The van der Waals surface area contributed by atoms with Crippen LogP contribution < -0.4 is 5.63 Å². The second-order valence-electron chi connectivity index (χ2n) is 4.61. The molecule has 1 atom stereocenters. The van der Waals surface area contributed by atoms with Crippen molar-refractivity contribution in [1.82, 2.24) is 0 Å². The monoisotopic (exact) mass is 276 g/mol. The number of benzene rings is 2. The third-order valence-corrected chi connectivity index (χ3v) is 3.24. The molecule has 0 saturated carbocycles. The highest BCUT2D eigenvalue weighted by atomic mass is 19.1. The number of phenolic OH excluding ortho intramolecular Hbond substituents is 1. The first-order chi connectivity index (χ1) is 9.47. The van der Waals surface area contributed by atoms with Gasteiger partial charge in [0.1, 0.15) is 23.3 Å². The Morgan fingerprint density at radius 3 is 2.60 bits per heavy atom. The van der Waals surface area contributed by atoms with Gasteiger partial charge in [0.15, 0.2) is 0 Å². The van der Waals surface area contributed by atoms with Crippen molar-refractivity contribution in [3.8, 4) is 5.75 Å². The predicted molar refractivity (Wildman–Crippen MR) is 71.1 cm³/mol. The fourth-order valence-electron chi connectivity index (χ4n) is 2.26. The molecule has 0 aliphatic rings. The third kappa shape index (κ3) is 1.82. The Balaban J connectivity index is 2.50. The molecule has 1 aromatic heterocycles. The Morgan fingerprint density at radius 2 is 1.90 bits per heavy atom. The van der Waals surface area contributed by atoms with E-state index in [0.717, 1.165) is 6.07 Å². The molecule has 0 aliphatic heterocycles. The lowest BCUT2D eigenvalue weighted by atomic mass is 10.0. The van der Waals surface area contributed by atoms with Crippen LogP contribution in [0.5, 0.6) is 5.75 Å². The summed E-state index contributed by atoms with van der Waals surface area (Å²) in [6.07, 6.45) is -1.52. The highest BCUT2D eigenvalue weighted by Gasteiger charge is 2.15. The number of alkyl halides is 1. The van der Waals surface area contributed by atoms with E-state index in [1.54, 1.807) is 0 Å². The molecule has 1 heterocycles. The zero-order valence-corrected chi connectivity index (χ0v) is 10.5. The summed E-state index contributed by atoms with van der Waals surface area (Å²) in [6.45, 7) is 1.20. The molecule has 1 unspecified atom stereocenters. The molecular weight excluding hydrogens is 266 g/mol. The van der Waals surface area contributed by atoms with Crippen molar-refractivity contribution in [2.45, 2.75) is 13.1 Å². The molecule has 0 fully saturated rings. The van der Waals surface area contributed by atoms with Crippen LogP contribution in [0.1, 0.15) is 18.7 Å². The lowest BCUT2D eigenvalue weighted by molar-refractivity contribution is 0.362. The van der Waals surface area contributed by atoms with Gasteiger partial charge in [-0.05, 0) is 31.2 Å². The van der Waals surface area contributed by atoms with Gasteiger partial charge in [-0.25, -0.2) is 13.6 Å². The molecule has 3 aromatic rings. The van der Waals surface area contributed by atoms with Crippen molar-refractivity contribution in [3.05, 3.63) is 52.1 Å². The lowest BCUT2D eigenvalue weighted by Crippen LogP contribution is -2.03. The molecule has 0 spiro atoms. The van der Waals surface area contributed by atoms with Gasteiger partial charge in [-0.1, -0.05) is 0 Å². The van der Waals surface area contributed by atoms with Gasteiger partial charge in [-0.15, -0.1) is 0 Å². The van der Waals surface area contributed by atoms with Crippen molar-refractivity contribution < 1.29 is 18.3 Å². The third-order valence-electron chi connectivity index (χ3n) is 3.24. The van der Waals surface area contributed by atoms with E-state index in [4.69, 9.17) is 4.42 Å². The van der Waals surface area contributed by atoms with Crippen molar-refractivity contribution in [1.29, 1.82) is 0 Å². The van der Waals surface area contributed by atoms with Crippen molar-refractivity contribution in [3.63, 3.8) is 0 Å². The first-order valence-corrected chi connectivity index (χ1v) is 6.00. The van der Waals surface area contributed by atoms with Crippen LogP contribution in [0.4, 0.5) is 8.78 Å². The first-order valence-electron chi connectivity index (χ1n) is 6.00. The summed E-state index contributed by atoms with van der Waals surface area (Å²) in [6, 6.07) is 6.50. The van der Waals surface area contributed by atoms with Crippen LogP contribution in [0.2, 0.25) is 0 Å². The second kappa shape index (κ2) is 4.30. The van der Waals surface area contributed by atoms with Crippen LogP contribution in [0.3, 0.4) is 0 Å². The minimum absolute atomic E-state index is 0.0607. The highest BCUT2D eigenvalue weighted by Crippen LogP contribution is 2.30. The number of aromatic hydroxyl groups is 1. The summed E-state index contributed by atoms with van der Waals surface area (Å²) >= 11 is 0. The zero-order chi connectivity index (χ0) is 14.4. The summed E-state index contributed by atoms with van der Waals surface area (Å²) in [5.74, 6) is -0.776. The Bertz CT molecular complexity index is 882. The maximum Gasteiger partial charge on any atom is 0.344 e. The van der Waals surface area contributed by atoms with Gasteiger partial charge in [0.25, 0.3) is 0 Å². The number of rotatable bonds is 1. The average Bonchev–Trinajstić information content (AvgIpc) is 2.37. The van der Waals surface area contributed by atoms with Crippen LogP contribution >= 0.6 is 0 Å². The van der Waals surface area contributed by atoms with E-state index >= 15 is 0 Å². The summed E-state index contributed by atoms with van der Waals surface area (Å²) in [5, 5.41) is 10.3. The molecule has 5 heteroatoms. The molecule has 0 radical (unpaired) electrons. The highest BCUT2D eigenvalue weighted by molar-refractivity contribution is 6.04. The topological polar surface area (TPSA) is 50.4 Å². The minimum atomic E-state index is -1.52. The normalized spacial score (nSPS) is 12.9. The summed E-state index contributed by atoms with van der Waals surface area (Å²) < 4.78 is 32.3. The number of hydrogen-bond donors (Lipinski definition) is 1. The Labute approximate surface area is 112 Å². The SMILES string of the molecule is CC(F)c1cc2c(=O)oc3cc(O)ccc3c2cc1F. The quantitative estimate of drug-likeness (QED) is 0.543. The molecule has 3 rings (SSSR count). The smallest absolute Gasteiger partial charge is 0.344 e. The van der Waals surface area contributed by atoms with Gasteiger partial charge < -0.3 is 9.52 Å². The van der Waals surface area contributed by atoms with E-state index in [9.17, 15) is 18.7 Å². The van der Waals surface area contributed by atoms with E-state index < -0.39 is 17.6 Å². The molecule has 0 bridgehead atoms. The van der Waals surface area contributed by atoms with Gasteiger partial charge in [0, 0.05) is 22.4 Å². The minimum Gasteiger partial charge on any atom is -0.508 e. The Morgan fingerprint density at radius 1 is 1.15 bits per heavy atom. The van der Waals surface area contributed by atoms with Gasteiger partial charge in [-0.3, -0.25) is 0 Å². The molecular formula is C15H10F2O3. The Kier molecular flexibility index (Phi) is 2.71. The molecule has 102 valence electrons. The number of halogens is 2. The summed E-state index contributed by atoms with van der Waals surface area (Å²) in [5.41, 5.74) is -0.717. The van der Waals surface area contributed by atoms with Crippen LogP contribution in [0, 0.1) is 5.82 Å². The second-order valence-corrected chi connectivity index (χ2v) is 4.61. The molecule has 0 aliphatic carbocycles. The summed E-state index contributed by atoms with van der Waals surface area (Å²) in [4.78, 5) is 11.9. The van der Waals surface area contributed by atoms with Gasteiger partial charge in [-0.2, -0.15) is 0 Å². The van der Waals surface area contributed by atoms with Crippen molar-refractivity contribution in [2.75, 3.05) is 0 Å². The number of hydrogen-bond acceptors (Lipinski definition) is 3. The first kappa shape index (κ1) is 12.6. The molecule has 20 heavy (non-hydrogen) atoms. The average molecular weight is 276 g/mol. The van der Waals surface area contributed by atoms with Crippen molar-refractivity contribution >= 4 is 21.7 Å². The number of phenols is 1. The van der Waals surface area contributed by atoms with E-state index in [0.29, 0.717) is 10.8 Å². The molecule has 1 N–H and O–H groups in total. The molecule has 3 nitrogen and oxygen atoms in total. The summed E-state index contributed by atoms with van der Waals surface area (Å²) in [7, 11) is 0. The van der Waals surface area contributed by atoms with Crippen LogP contribution in [-0.4, -0.2) is 5.11 Å². The fraction of sp³-hybridized carbons (Fsp3) is 0.133. The maximum atomic E-state index is 13.9. The molecule has 2 aromatic carbocycles. The fourth-order valence-corrected chi connectivity index (χ4v) is 2.26.